The minimum Gasteiger partial charge on any atom is -0.497 e. The number of aryl methyl sites for hydroxylation is 2. The molecular weight excluding hydrogens is 324 g/mol. The van der Waals surface area contributed by atoms with E-state index in [4.69, 9.17) is 4.74 Å². The van der Waals surface area contributed by atoms with Crippen LogP contribution in [0, 0.1) is 13.8 Å². The molecular formula is C22H28N2O2. The predicted octanol–water partition coefficient (Wildman–Crippen LogP) is 3.31. The number of ether oxygens (including phenoxy) is 1. The molecule has 1 aliphatic rings. The molecule has 2 aromatic rings. The van der Waals surface area contributed by atoms with Crippen molar-refractivity contribution in [1.82, 2.24) is 9.80 Å². The minimum absolute atomic E-state index is 0.153. The van der Waals surface area contributed by atoms with Crippen LogP contribution in [-0.2, 0) is 6.42 Å². The SMILES string of the molecule is COc1cccc(CCN2CCN(C(=O)c3ccc(C)c(C)c3)CC2)c1. The normalized spacial score (nSPS) is 15.1. The Labute approximate surface area is 156 Å². The van der Waals surface area contributed by atoms with E-state index in [1.807, 2.05) is 35.2 Å². The van der Waals surface area contributed by atoms with Gasteiger partial charge in [-0.25, -0.2) is 0 Å². The zero-order valence-electron chi connectivity index (χ0n) is 16.0. The Kier molecular flexibility index (Phi) is 5.94. The number of piperazine rings is 1. The lowest BCUT2D eigenvalue weighted by molar-refractivity contribution is 0.0638. The molecule has 4 nitrogen and oxygen atoms in total. The third-order valence-electron chi connectivity index (χ3n) is 5.26. The number of amides is 1. The van der Waals surface area contributed by atoms with Crippen molar-refractivity contribution in [1.29, 1.82) is 0 Å². The molecule has 0 atom stereocenters. The molecule has 1 aliphatic heterocycles. The van der Waals surface area contributed by atoms with Crippen molar-refractivity contribution in [3.05, 3.63) is 64.7 Å². The zero-order chi connectivity index (χ0) is 18.5. The summed E-state index contributed by atoms with van der Waals surface area (Å²) in [7, 11) is 1.70. The lowest BCUT2D eigenvalue weighted by atomic mass is 10.1. The van der Waals surface area contributed by atoms with E-state index in [0.717, 1.165) is 50.5 Å². The average molecular weight is 352 g/mol. The minimum atomic E-state index is 0.153. The predicted molar refractivity (Wildman–Crippen MR) is 105 cm³/mol. The highest BCUT2D eigenvalue weighted by Gasteiger charge is 2.22. The Hall–Kier alpha value is -2.33. The van der Waals surface area contributed by atoms with Gasteiger partial charge in [0.2, 0.25) is 0 Å². The molecule has 3 rings (SSSR count). The lowest BCUT2D eigenvalue weighted by Crippen LogP contribution is -2.49. The molecule has 0 N–H and O–H groups in total. The van der Waals surface area contributed by atoms with Crippen molar-refractivity contribution in [2.24, 2.45) is 0 Å². The smallest absolute Gasteiger partial charge is 0.253 e. The molecule has 0 saturated carbocycles. The molecule has 138 valence electrons. The van der Waals surface area contributed by atoms with E-state index in [9.17, 15) is 4.79 Å². The number of carbonyl (C=O) groups excluding carboxylic acids is 1. The van der Waals surface area contributed by atoms with Gasteiger partial charge in [-0.3, -0.25) is 9.69 Å². The van der Waals surface area contributed by atoms with Gasteiger partial charge in [-0.15, -0.1) is 0 Å². The maximum absolute atomic E-state index is 12.7. The van der Waals surface area contributed by atoms with Gasteiger partial charge < -0.3 is 9.64 Å². The summed E-state index contributed by atoms with van der Waals surface area (Å²) in [5.74, 6) is 1.06. The van der Waals surface area contributed by atoms with Crippen LogP contribution in [0.1, 0.15) is 27.0 Å². The van der Waals surface area contributed by atoms with Gasteiger partial charge in [0.25, 0.3) is 5.91 Å². The number of hydrogen-bond acceptors (Lipinski definition) is 3. The highest BCUT2D eigenvalue weighted by Crippen LogP contribution is 2.15. The molecule has 26 heavy (non-hydrogen) atoms. The van der Waals surface area contributed by atoms with Gasteiger partial charge in [-0.05, 0) is 61.2 Å². The highest BCUT2D eigenvalue weighted by atomic mass is 16.5. The number of nitrogens with zero attached hydrogens (tertiary/aromatic N) is 2. The topological polar surface area (TPSA) is 32.8 Å². The first kappa shape index (κ1) is 18.5. The van der Waals surface area contributed by atoms with Crippen molar-refractivity contribution in [2.45, 2.75) is 20.3 Å². The molecule has 1 saturated heterocycles. The summed E-state index contributed by atoms with van der Waals surface area (Å²) in [6.07, 6.45) is 1.00. The van der Waals surface area contributed by atoms with Crippen molar-refractivity contribution >= 4 is 5.91 Å². The molecule has 1 heterocycles. The van der Waals surface area contributed by atoms with E-state index >= 15 is 0 Å². The fraction of sp³-hybridized carbons (Fsp3) is 0.409. The number of methoxy groups -OCH3 is 1. The van der Waals surface area contributed by atoms with Gasteiger partial charge in [0.05, 0.1) is 7.11 Å². The van der Waals surface area contributed by atoms with Crippen molar-refractivity contribution in [2.75, 3.05) is 39.8 Å². The Morgan fingerprint density at radius 2 is 1.77 bits per heavy atom. The summed E-state index contributed by atoms with van der Waals surface area (Å²) in [6, 6.07) is 14.2. The third kappa shape index (κ3) is 4.44. The first-order valence-electron chi connectivity index (χ1n) is 9.28. The molecule has 0 unspecified atom stereocenters. The number of rotatable bonds is 5. The summed E-state index contributed by atoms with van der Waals surface area (Å²) < 4.78 is 5.29. The van der Waals surface area contributed by atoms with Gasteiger partial charge in [0.1, 0.15) is 5.75 Å². The van der Waals surface area contributed by atoms with Crippen LogP contribution in [0.5, 0.6) is 5.75 Å². The molecule has 0 aromatic heterocycles. The monoisotopic (exact) mass is 352 g/mol. The Bertz CT molecular complexity index is 764. The van der Waals surface area contributed by atoms with Gasteiger partial charge in [0.15, 0.2) is 0 Å². The summed E-state index contributed by atoms with van der Waals surface area (Å²) in [6.45, 7) is 8.60. The van der Waals surface area contributed by atoms with Gasteiger partial charge in [0, 0.05) is 38.3 Å². The first-order valence-corrected chi connectivity index (χ1v) is 9.28. The van der Waals surface area contributed by atoms with E-state index < -0.39 is 0 Å². The van der Waals surface area contributed by atoms with E-state index in [2.05, 4.69) is 30.9 Å². The molecule has 0 bridgehead atoms. The maximum atomic E-state index is 12.7. The van der Waals surface area contributed by atoms with E-state index in [-0.39, 0.29) is 5.91 Å². The molecule has 2 aromatic carbocycles. The molecule has 0 aliphatic carbocycles. The van der Waals surface area contributed by atoms with Crippen LogP contribution in [0.25, 0.3) is 0 Å². The summed E-state index contributed by atoms with van der Waals surface area (Å²) >= 11 is 0. The molecule has 4 heteroatoms. The quantitative estimate of drug-likeness (QED) is 0.828. The third-order valence-corrected chi connectivity index (χ3v) is 5.26. The molecule has 1 amide bonds. The van der Waals surface area contributed by atoms with Crippen LogP contribution in [0.3, 0.4) is 0 Å². The van der Waals surface area contributed by atoms with Crippen LogP contribution in [0.4, 0.5) is 0 Å². The maximum Gasteiger partial charge on any atom is 0.253 e. The van der Waals surface area contributed by atoms with Crippen LogP contribution in [0.15, 0.2) is 42.5 Å². The Balaban J connectivity index is 1.50. The molecule has 1 fully saturated rings. The zero-order valence-corrected chi connectivity index (χ0v) is 16.0. The second-order valence-electron chi connectivity index (χ2n) is 7.03. The van der Waals surface area contributed by atoms with Gasteiger partial charge >= 0.3 is 0 Å². The van der Waals surface area contributed by atoms with Crippen molar-refractivity contribution in [3.63, 3.8) is 0 Å². The second kappa shape index (κ2) is 8.37. The number of carbonyl (C=O) groups is 1. The molecule has 0 spiro atoms. The largest absolute Gasteiger partial charge is 0.497 e. The van der Waals surface area contributed by atoms with Crippen molar-refractivity contribution in [3.8, 4) is 5.75 Å². The average Bonchev–Trinajstić information content (AvgIpc) is 2.68. The van der Waals surface area contributed by atoms with Crippen LogP contribution >= 0.6 is 0 Å². The van der Waals surface area contributed by atoms with Gasteiger partial charge in [-0.1, -0.05) is 18.2 Å². The molecule has 0 radical (unpaired) electrons. The van der Waals surface area contributed by atoms with Crippen molar-refractivity contribution < 1.29 is 9.53 Å². The lowest BCUT2D eigenvalue weighted by Gasteiger charge is -2.35. The number of hydrogen-bond donors (Lipinski definition) is 0. The number of benzene rings is 2. The van der Waals surface area contributed by atoms with Crippen LogP contribution < -0.4 is 4.74 Å². The Morgan fingerprint density at radius 3 is 2.46 bits per heavy atom. The standard InChI is InChI=1S/C22H28N2O2/c1-17-7-8-20(15-18(17)2)22(25)24-13-11-23(12-14-24)10-9-19-5-4-6-21(16-19)26-3/h4-8,15-16H,9-14H2,1-3H3. The fourth-order valence-electron chi connectivity index (χ4n) is 3.35. The van der Waals surface area contributed by atoms with E-state index in [1.54, 1.807) is 7.11 Å². The summed E-state index contributed by atoms with van der Waals surface area (Å²) in [5, 5.41) is 0. The summed E-state index contributed by atoms with van der Waals surface area (Å²) in [4.78, 5) is 17.1. The first-order chi connectivity index (χ1) is 12.6. The fourth-order valence-corrected chi connectivity index (χ4v) is 3.35. The summed E-state index contributed by atoms with van der Waals surface area (Å²) in [5.41, 5.74) is 4.49. The second-order valence-corrected chi connectivity index (χ2v) is 7.03. The van der Waals surface area contributed by atoms with E-state index in [1.165, 1.54) is 16.7 Å². The highest BCUT2D eigenvalue weighted by molar-refractivity contribution is 5.94. The Morgan fingerprint density at radius 1 is 1.00 bits per heavy atom. The van der Waals surface area contributed by atoms with Crippen LogP contribution in [-0.4, -0.2) is 55.5 Å². The van der Waals surface area contributed by atoms with Crippen LogP contribution in [0.2, 0.25) is 0 Å². The van der Waals surface area contributed by atoms with Gasteiger partial charge in [-0.2, -0.15) is 0 Å². The van der Waals surface area contributed by atoms with E-state index in [0.29, 0.717) is 0 Å².